The van der Waals surface area contributed by atoms with Crippen LogP contribution >= 0.6 is 0 Å². The highest BCUT2D eigenvalue weighted by molar-refractivity contribution is 6.22. The fraction of sp³-hybridized carbons (Fsp3) is 0.632. The summed E-state index contributed by atoms with van der Waals surface area (Å²) in [5.41, 5.74) is 1.89. The van der Waals surface area contributed by atoms with E-state index in [9.17, 15) is 14.4 Å². The van der Waals surface area contributed by atoms with Gasteiger partial charge in [-0.05, 0) is 12.8 Å². The zero-order chi connectivity index (χ0) is 18.3. The van der Waals surface area contributed by atoms with E-state index in [0.29, 0.717) is 17.1 Å². The number of hydrogen-bond acceptors (Lipinski definition) is 6. The average Bonchev–Trinajstić information content (AvgIpc) is 3.50. The third-order valence-corrected chi connectivity index (χ3v) is 5.44. The maximum absolute atomic E-state index is 12.4. The van der Waals surface area contributed by atoms with Crippen molar-refractivity contribution in [2.45, 2.75) is 32.1 Å². The highest BCUT2D eigenvalue weighted by Gasteiger charge is 2.43. The van der Waals surface area contributed by atoms with Gasteiger partial charge in [0.1, 0.15) is 11.4 Å². The Morgan fingerprint density at radius 2 is 1.38 bits per heavy atom. The van der Waals surface area contributed by atoms with Gasteiger partial charge in [0.2, 0.25) is 11.6 Å². The zero-order valence-electron chi connectivity index (χ0n) is 14.9. The van der Waals surface area contributed by atoms with Crippen LogP contribution in [0.1, 0.15) is 32.1 Å². The van der Waals surface area contributed by atoms with Gasteiger partial charge in [0.05, 0.1) is 11.6 Å². The fourth-order valence-electron chi connectivity index (χ4n) is 3.63. The van der Waals surface area contributed by atoms with E-state index in [2.05, 4.69) is 0 Å². The predicted molar refractivity (Wildman–Crippen MR) is 94.1 cm³/mol. The van der Waals surface area contributed by atoms with Gasteiger partial charge >= 0.3 is 5.97 Å². The van der Waals surface area contributed by atoms with E-state index in [1.54, 1.807) is 0 Å². The number of carboxylic acids is 1. The summed E-state index contributed by atoms with van der Waals surface area (Å²) < 4.78 is 0. The second kappa shape index (κ2) is 6.78. The van der Waals surface area contributed by atoms with Crippen LogP contribution in [0.4, 0.5) is 0 Å². The Bertz CT molecular complexity index is 694. The van der Waals surface area contributed by atoms with Crippen LogP contribution in [0.2, 0.25) is 0 Å². The van der Waals surface area contributed by atoms with E-state index in [0.717, 1.165) is 65.0 Å². The monoisotopic (exact) mass is 359 g/mol. The van der Waals surface area contributed by atoms with Gasteiger partial charge in [-0.2, -0.15) is 0 Å². The Morgan fingerprint density at radius 1 is 0.846 bits per heavy atom. The van der Waals surface area contributed by atoms with E-state index in [1.165, 1.54) is 12.5 Å². The molecule has 3 heterocycles. The molecule has 26 heavy (non-hydrogen) atoms. The number of carbonyl (C=O) groups is 3. The van der Waals surface area contributed by atoms with Crippen LogP contribution in [0, 0.1) is 5.92 Å². The summed E-state index contributed by atoms with van der Waals surface area (Å²) in [5.74, 6) is -0.583. The first-order chi connectivity index (χ1) is 12.6. The second-order valence-electron chi connectivity index (χ2n) is 7.55. The number of nitrogens with zero attached hydrogens (tertiary/aromatic N) is 3. The minimum Gasteiger partial charge on any atom is -0.481 e. The van der Waals surface area contributed by atoms with E-state index in [4.69, 9.17) is 5.11 Å². The summed E-state index contributed by atoms with van der Waals surface area (Å²) in [6.07, 6.45) is 6.76. The van der Waals surface area contributed by atoms with Crippen LogP contribution in [-0.4, -0.2) is 76.6 Å². The average molecular weight is 359 g/mol. The highest BCUT2D eigenvalue weighted by atomic mass is 16.4. The summed E-state index contributed by atoms with van der Waals surface area (Å²) in [4.78, 5) is 40.8. The first-order valence-electron chi connectivity index (χ1n) is 9.59. The predicted octanol–water partition coefficient (Wildman–Crippen LogP) is 0.832. The first kappa shape index (κ1) is 17.1. The largest absolute Gasteiger partial charge is 0.481 e. The Hall–Kier alpha value is -2.31. The lowest BCUT2D eigenvalue weighted by Gasteiger charge is -2.21. The van der Waals surface area contributed by atoms with Crippen LogP contribution in [-0.2, 0) is 14.4 Å². The number of allylic oxidation sites excluding steroid dienone is 1. The highest BCUT2D eigenvalue weighted by Crippen LogP contribution is 2.33. The van der Waals surface area contributed by atoms with Crippen molar-refractivity contribution in [2.75, 3.05) is 39.3 Å². The second-order valence-corrected chi connectivity index (χ2v) is 7.55. The number of hydrogen-bond donors (Lipinski definition) is 1. The lowest BCUT2D eigenvalue weighted by molar-refractivity contribution is -0.142. The Balaban J connectivity index is 0.000000160. The summed E-state index contributed by atoms with van der Waals surface area (Å²) in [5, 5.41) is 8.54. The maximum Gasteiger partial charge on any atom is 0.306 e. The first-order valence-corrected chi connectivity index (χ1v) is 9.59. The van der Waals surface area contributed by atoms with Crippen molar-refractivity contribution in [3.63, 3.8) is 0 Å². The molecule has 3 saturated heterocycles. The van der Waals surface area contributed by atoms with Crippen LogP contribution in [0.5, 0.6) is 0 Å². The fourth-order valence-corrected chi connectivity index (χ4v) is 3.63. The van der Waals surface area contributed by atoms with Gasteiger partial charge in [0.15, 0.2) is 0 Å². The Morgan fingerprint density at radius 3 is 1.85 bits per heavy atom. The molecular weight excluding hydrogens is 334 g/mol. The number of carboxylic acid groups (broad SMARTS) is 1. The topological polar surface area (TPSA) is 80.5 Å². The van der Waals surface area contributed by atoms with E-state index < -0.39 is 5.97 Å². The van der Waals surface area contributed by atoms with Gasteiger partial charge in [-0.15, -0.1) is 0 Å². The quantitative estimate of drug-likeness (QED) is 0.588. The third kappa shape index (κ3) is 3.61. The molecule has 7 nitrogen and oxygen atoms in total. The molecule has 7 heteroatoms. The molecule has 3 aliphatic heterocycles. The summed E-state index contributed by atoms with van der Waals surface area (Å²) in [7, 11) is 0. The van der Waals surface area contributed by atoms with Crippen molar-refractivity contribution >= 4 is 17.5 Å². The SMILES string of the molecule is O=C(O)C1CCCCC1.O=C1C=C(N2CC2)C(=O)C(N2CC2)=C1N1CC1. The van der Waals surface area contributed by atoms with Crippen molar-refractivity contribution in [1.29, 1.82) is 0 Å². The molecule has 5 aliphatic rings. The number of ketones is 2. The van der Waals surface area contributed by atoms with Gasteiger partial charge in [0, 0.05) is 45.3 Å². The summed E-state index contributed by atoms with van der Waals surface area (Å²) >= 11 is 0. The molecule has 0 aromatic carbocycles. The molecule has 4 fully saturated rings. The molecule has 0 radical (unpaired) electrons. The molecule has 1 N–H and O–H groups in total. The number of aliphatic carboxylic acids is 1. The number of Topliss-reactive ketones (excluding diaryl/α,β-unsaturated/α-hetero) is 1. The van der Waals surface area contributed by atoms with Crippen LogP contribution < -0.4 is 0 Å². The van der Waals surface area contributed by atoms with Crippen molar-refractivity contribution < 1.29 is 19.5 Å². The van der Waals surface area contributed by atoms with Crippen LogP contribution in [0.15, 0.2) is 23.2 Å². The van der Waals surface area contributed by atoms with Gasteiger partial charge in [0.25, 0.3) is 0 Å². The van der Waals surface area contributed by atoms with Crippen molar-refractivity contribution in [3.05, 3.63) is 23.2 Å². The number of rotatable bonds is 4. The molecular formula is C19H25N3O4. The molecule has 1 saturated carbocycles. The molecule has 2 aliphatic carbocycles. The molecule has 5 rings (SSSR count). The van der Waals surface area contributed by atoms with Crippen molar-refractivity contribution in [2.24, 2.45) is 5.92 Å². The number of carbonyl (C=O) groups excluding carboxylic acids is 2. The molecule has 0 unspecified atom stereocenters. The van der Waals surface area contributed by atoms with Crippen molar-refractivity contribution in [1.82, 2.24) is 14.7 Å². The molecule has 140 valence electrons. The van der Waals surface area contributed by atoms with Gasteiger partial charge in [-0.25, -0.2) is 0 Å². The smallest absolute Gasteiger partial charge is 0.306 e. The lowest BCUT2D eigenvalue weighted by Crippen LogP contribution is -2.29. The third-order valence-electron chi connectivity index (χ3n) is 5.44. The molecule has 0 amide bonds. The Labute approximate surface area is 152 Å². The summed E-state index contributed by atoms with van der Waals surface area (Å²) in [6, 6.07) is 0. The van der Waals surface area contributed by atoms with Gasteiger partial charge in [-0.3, -0.25) is 14.4 Å². The van der Waals surface area contributed by atoms with Crippen molar-refractivity contribution in [3.8, 4) is 0 Å². The van der Waals surface area contributed by atoms with E-state index in [-0.39, 0.29) is 17.5 Å². The van der Waals surface area contributed by atoms with E-state index in [1.807, 2.05) is 14.7 Å². The minimum absolute atomic E-state index is 0.00546. The molecule has 0 bridgehead atoms. The van der Waals surface area contributed by atoms with Gasteiger partial charge in [-0.1, -0.05) is 19.3 Å². The molecule has 0 aromatic heterocycles. The normalized spacial score (nSPS) is 24.9. The van der Waals surface area contributed by atoms with Gasteiger partial charge < -0.3 is 19.8 Å². The standard InChI is InChI=1S/C12H13N3O2.C7H12O2/c16-9-7-8(13-1-2-13)12(17)11(15-5-6-15)10(9)14-3-4-14;8-7(9)6-4-2-1-3-5-6/h7H,1-6H2;6H,1-5H2,(H,8,9). The van der Waals surface area contributed by atoms with E-state index >= 15 is 0 Å². The zero-order valence-corrected chi connectivity index (χ0v) is 14.9. The van der Waals surface area contributed by atoms with Crippen LogP contribution in [0.25, 0.3) is 0 Å². The minimum atomic E-state index is -0.602. The molecule has 0 atom stereocenters. The van der Waals surface area contributed by atoms with Crippen LogP contribution in [0.3, 0.4) is 0 Å². The molecule has 0 aromatic rings. The molecule has 0 spiro atoms. The maximum atomic E-state index is 12.4. The lowest BCUT2D eigenvalue weighted by atomic mass is 9.90. The summed E-state index contributed by atoms with van der Waals surface area (Å²) in [6.45, 7) is 5.41. The Kier molecular flexibility index (Phi) is 4.46.